The van der Waals surface area contributed by atoms with Gasteiger partial charge in [-0.05, 0) is 30.7 Å². The number of methoxy groups -OCH3 is 2. The molecule has 0 radical (unpaired) electrons. The lowest BCUT2D eigenvalue weighted by Gasteiger charge is -2.15. The summed E-state index contributed by atoms with van der Waals surface area (Å²) in [7, 11) is -1.22. The quantitative estimate of drug-likeness (QED) is 0.428. The van der Waals surface area contributed by atoms with Crippen molar-refractivity contribution in [2.45, 2.75) is 37.5 Å². The monoisotopic (exact) mass is 488 g/mol. The third-order valence-electron chi connectivity index (χ3n) is 4.53. The zero-order valence-corrected chi connectivity index (χ0v) is 20.0. The topological polar surface area (TPSA) is 93.7 Å². The number of nitrogens with one attached hydrogen (secondary N) is 2. The molecule has 10 heteroatoms. The van der Waals surface area contributed by atoms with Gasteiger partial charge in [-0.1, -0.05) is 49.4 Å². The Morgan fingerprint density at radius 2 is 1.68 bits per heavy atom. The second kappa shape index (κ2) is 11.5. The maximum atomic E-state index is 12.9. The molecule has 0 aliphatic carbocycles. The third kappa shape index (κ3) is 6.66. The number of rotatable bonds is 11. The SMILES string of the molecule is CCCCCCNC(=O)c1cc(S(=O)(=O)Nc2cc(Cl)c(OC)cc2OC)ccc1Cl. The summed E-state index contributed by atoms with van der Waals surface area (Å²) in [5.41, 5.74) is 0.213. The van der Waals surface area contributed by atoms with Crippen LogP contribution in [0.1, 0.15) is 43.0 Å². The van der Waals surface area contributed by atoms with Gasteiger partial charge >= 0.3 is 0 Å². The van der Waals surface area contributed by atoms with E-state index in [1.165, 1.54) is 44.6 Å². The van der Waals surface area contributed by atoms with Crippen molar-refractivity contribution < 1.29 is 22.7 Å². The summed E-state index contributed by atoms with van der Waals surface area (Å²) >= 11 is 12.3. The molecule has 2 N–H and O–H groups in total. The summed E-state index contributed by atoms with van der Waals surface area (Å²) in [6.07, 6.45) is 4.04. The number of anilines is 1. The highest BCUT2D eigenvalue weighted by molar-refractivity contribution is 7.92. The number of amides is 1. The molecule has 0 atom stereocenters. The average molecular weight is 489 g/mol. The fraction of sp³-hybridized carbons (Fsp3) is 0.381. The van der Waals surface area contributed by atoms with Crippen LogP contribution in [0.4, 0.5) is 5.69 Å². The van der Waals surface area contributed by atoms with Crippen molar-refractivity contribution in [3.63, 3.8) is 0 Å². The minimum absolute atomic E-state index is 0.0831. The number of benzene rings is 2. The molecule has 0 aliphatic heterocycles. The first-order valence-electron chi connectivity index (χ1n) is 9.75. The normalized spacial score (nSPS) is 11.1. The Hall–Kier alpha value is -2.16. The molecule has 0 spiro atoms. The maximum absolute atomic E-state index is 12.9. The zero-order chi connectivity index (χ0) is 23.0. The summed E-state index contributed by atoms with van der Waals surface area (Å²) in [6, 6.07) is 6.79. The predicted octanol–water partition coefficient (Wildman–Crippen LogP) is 5.12. The molecule has 0 heterocycles. The third-order valence-corrected chi connectivity index (χ3v) is 6.52. The van der Waals surface area contributed by atoms with Crippen LogP contribution in [-0.2, 0) is 10.0 Å². The second-order valence-corrected chi connectivity index (χ2v) is 9.25. The smallest absolute Gasteiger partial charge is 0.262 e. The van der Waals surface area contributed by atoms with Crippen molar-refractivity contribution in [3.05, 3.63) is 45.9 Å². The molecule has 0 bridgehead atoms. The summed E-state index contributed by atoms with van der Waals surface area (Å²) < 4.78 is 38.7. The number of ether oxygens (including phenoxy) is 2. The van der Waals surface area contributed by atoms with Gasteiger partial charge in [0.25, 0.3) is 15.9 Å². The molecule has 7 nitrogen and oxygen atoms in total. The molecule has 0 saturated carbocycles. The van der Waals surface area contributed by atoms with Gasteiger partial charge in [0.2, 0.25) is 0 Å². The summed E-state index contributed by atoms with van der Waals surface area (Å²) in [5.74, 6) is 0.137. The van der Waals surface area contributed by atoms with Gasteiger partial charge in [-0.3, -0.25) is 9.52 Å². The Morgan fingerprint density at radius 3 is 2.32 bits per heavy atom. The molecule has 170 valence electrons. The highest BCUT2D eigenvalue weighted by Gasteiger charge is 2.21. The maximum Gasteiger partial charge on any atom is 0.262 e. The van der Waals surface area contributed by atoms with Crippen molar-refractivity contribution in [2.24, 2.45) is 0 Å². The van der Waals surface area contributed by atoms with E-state index in [2.05, 4.69) is 17.0 Å². The van der Waals surface area contributed by atoms with Crippen LogP contribution < -0.4 is 19.5 Å². The summed E-state index contributed by atoms with van der Waals surface area (Å²) in [5, 5.41) is 3.15. The van der Waals surface area contributed by atoms with Gasteiger partial charge in [0.05, 0.1) is 40.4 Å². The lowest BCUT2D eigenvalue weighted by molar-refractivity contribution is 0.0953. The van der Waals surface area contributed by atoms with Gasteiger partial charge in [-0.15, -0.1) is 0 Å². The highest BCUT2D eigenvalue weighted by Crippen LogP contribution is 2.37. The van der Waals surface area contributed by atoms with Crippen molar-refractivity contribution in [2.75, 3.05) is 25.5 Å². The molecule has 0 aromatic heterocycles. The fourth-order valence-electron chi connectivity index (χ4n) is 2.84. The molecule has 31 heavy (non-hydrogen) atoms. The van der Waals surface area contributed by atoms with Gasteiger partial charge in [0.15, 0.2) is 0 Å². The van der Waals surface area contributed by atoms with E-state index in [1.54, 1.807) is 0 Å². The van der Waals surface area contributed by atoms with Crippen LogP contribution >= 0.6 is 23.2 Å². The lowest BCUT2D eigenvalue weighted by Crippen LogP contribution is -2.25. The van der Waals surface area contributed by atoms with E-state index >= 15 is 0 Å². The Bertz CT molecular complexity index is 1030. The van der Waals surface area contributed by atoms with Crippen LogP contribution in [0.15, 0.2) is 35.2 Å². The van der Waals surface area contributed by atoms with Gasteiger partial charge in [-0.2, -0.15) is 0 Å². The molecule has 0 aliphatic rings. The first-order valence-corrected chi connectivity index (χ1v) is 12.0. The van der Waals surface area contributed by atoms with Gasteiger partial charge < -0.3 is 14.8 Å². The van der Waals surface area contributed by atoms with Crippen molar-refractivity contribution in [3.8, 4) is 11.5 Å². The van der Waals surface area contributed by atoms with Crippen LogP contribution in [0.5, 0.6) is 11.5 Å². The Morgan fingerprint density at radius 1 is 0.968 bits per heavy atom. The zero-order valence-electron chi connectivity index (χ0n) is 17.6. The van der Waals surface area contributed by atoms with Gasteiger partial charge in [0.1, 0.15) is 11.5 Å². The first-order chi connectivity index (χ1) is 14.7. The molecule has 1 amide bonds. The predicted molar refractivity (Wildman–Crippen MR) is 123 cm³/mol. The number of carbonyl (C=O) groups is 1. The van der Waals surface area contributed by atoms with E-state index in [0.717, 1.165) is 25.7 Å². The average Bonchev–Trinajstić information content (AvgIpc) is 2.73. The molecule has 2 aromatic carbocycles. The summed E-state index contributed by atoms with van der Waals surface area (Å²) in [6.45, 7) is 2.60. The van der Waals surface area contributed by atoms with Crippen molar-refractivity contribution in [1.29, 1.82) is 0 Å². The van der Waals surface area contributed by atoms with Crippen LogP contribution in [0.25, 0.3) is 0 Å². The highest BCUT2D eigenvalue weighted by atomic mass is 35.5. The molecular weight excluding hydrogens is 463 g/mol. The molecule has 2 rings (SSSR count). The standard InChI is InChI=1S/C21H26Cl2N2O5S/c1-4-5-6-7-10-24-21(26)15-11-14(8-9-16(15)22)31(27,28)25-18-12-17(23)19(29-2)13-20(18)30-3/h8-9,11-13,25H,4-7,10H2,1-3H3,(H,24,26). The van der Waals surface area contributed by atoms with Crippen molar-refractivity contribution >= 4 is 44.8 Å². The molecule has 0 unspecified atom stereocenters. The lowest BCUT2D eigenvalue weighted by atomic mass is 10.2. The largest absolute Gasteiger partial charge is 0.495 e. The number of unbranched alkanes of at least 4 members (excludes halogenated alkanes) is 3. The number of sulfonamides is 1. The van der Waals surface area contributed by atoms with E-state index in [4.69, 9.17) is 32.7 Å². The van der Waals surface area contributed by atoms with E-state index in [9.17, 15) is 13.2 Å². The van der Waals surface area contributed by atoms with Crippen LogP contribution in [0.3, 0.4) is 0 Å². The number of carbonyl (C=O) groups excluding carboxylic acids is 1. The van der Waals surface area contributed by atoms with Crippen molar-refractivity contribution in [1.82, 2.24) is 5.32 Å². The summed E-state index contributed by atoms with van der Waals surface area (Å²) in [4.78, 5) is 12.4. The van der Waals surface area contributed by atoms with Crippen LogP contribution in [0.2, 0.25) is 10.0 Å². The second-order valence-electron chi connectivity index (χ2n) is 6.75. The number of hydrogen-bond acceptors (Lipinski definition) is 5. The Labute approximate surface area is 193 Å². The van der Waals surface area contributed by atoms with Gasteiger partial charge in [0, 0.05) is 12.6 Å². The minimum Gasteiger partial charge on any atom is -0.495 e. The molecular formula is C21H26Cl2N2O5S. The van der Waals surface area contributed by atoms with E-state index < -0.39 is 15.9 Å². The van der Waals surface area contributed by atoms with Crippen LogP contribution in [0, 0.1) is 0 Å². The number of halogens is 2. The molecule has 0 saturated heterocycles. The fourth-order valence-corrected chi connectivity index (χ4v) is 4.37. The first kappa shape index (κ1) is 25.1. The van der Waals surface area contributed by atoms with Gasteiger partial charge in [-0.25, -0.2) is 8.42 Å². The van der Waals surface area contributed by atoms with E-state index in [-0.39, 0.29) is 31.9 Å². The minimum atomic E-state index is -4.06. The molecule has 2 aromatic rings. The van der Waals surface area contributed by atoms with E-state index in [0.29, 0.717) is 12.3 Å². The number of hydrogen-bond donors (Lipinski definition) is 2. The van der Waals surface area contributed by atoms with E-state index in [1.807, 2.05) is 0 Å². The van der Waals surface area contributed by atoms with Crippen LogP contribution in [-0.4, -0.2) is 35.1 Å². The Kier molecular flexibility index (Phi) is 9.28. The Balaban J connectivity index is 2.25. The molecule has 0 fully saturated rings.